The molecule has 0 radical (unpaired) electrons. The number of nitriles is 1. The summed E-state index contributed by atoms with van der Waals surface area (Å²) in [6.07, 6.45) is 0.0547. The van der Waals surface area contributed by atoms with E-state index >= 15 is 0 Å². The first-order chi connectivity index (χ1) is 9.60. The molecule has 100 valence electrons. The maximum absolute atomic E-state index is 13.6. The smallest absolute Gasteiger partial charge is 0.228 e. The van der Waals surface area contributed by atoms with Gasteiger partial charge in [-0.25, -0.2) is 4.39 Å². The highest BCUT2D eigenvalue weighted by Gasteiger charge is 2.10. The summed E-state index contributed by atoms with van der Waals surface area (Å²) >= 11 is 5.95. The van der Waals surface area contributed by atoms with E-state index < -0.39 is 5.82 Å². The molecule has 3 nitrogen and oxygen atoms in total. The number of halogens is 2. The van der Waals surface area contributed by atoms with Crippen molar-refractivity contribution in [2.24, 2.45) is 0 Å². The molecule has 1 N–H and O–H groups in total. The van der Waals surface area contributed by atoms with Crippen molar-refractivity contribution in [3.8, 4) is 6.07 Å². The molecule has 2 aromatic carbocycles. The van der Waals surface area contributed by atoms with Crippen molar-refractivity contribution in [1.82, 2.24) is 0 Å². The first-order valence-corrected chi connectivity index (χ1v) is 6.21. The van der Waals surface area contributed by atoms with E-state index in [1.54, 1.807) is 24.3 Å². The molecular weight excluding hydrogens is 279 g/mol. The summed E-state index contributed by atoms with van der Waals surface area (Å²) in [6, 6.07) is 12.7. The maximum atomic E-state index is 13.6. The predicted octanol–water partition coefficient (Wildman–Crippen LogP) is 3.53. The van der Waals surface area contributed by atoms with Crippen LogP contribution in [0.5, 0.6) is 0 Å². The maximum Gasteiger partial charge on any atom is 0.228 e. The van der Waals surface area contributed by atoms with E-state index in [9.17, 15) is 9.18 Å². The van der Waals surface area contributed by atoms with Crippen LogP contribution < -0.4 is 5.32 Å². The van der Waals surface area contributed by atoms with Gasteiger partial charge in [-0.05, 0) is 29.8 Å². The van der Waals surface area contributed by atoms with Gasteiger partial charge in [-0.15, -0.1) is 0 Å². The largest absolute Gasteiger partial charge is 0.323 e. The van der Waals surface area contributed by atoms with Crippen LogP contribution in [0.25, 0.3) is 0 Å². The minimum absolute atomic E-state index is 0.0426. The van der Waals surface area contributed by atoms with E-state index in [0.29, 0.717) is 10.6 Å². The van der Waals surface area contributed by atoms with Gasteiger partial charge >= 0.3 is 0 Å². The summed E-state index contributed by atoms with van der Waals surface area (Å²) in [4.78, 5) is 11.8. The summed E-state index contributed by atoms with van der Waals surface area (Å²) in [5.74, 6) is -1.02. The normalized spacial score (nSPS) is 9.85. The van der Waals surface area contributed by atoms with Gasteiger partial charge in [-0.1, -0.05) is 29.8 Å². The predicted molar refractivity (Wildman–Crippen MR) is 74.9 cm³/mol. The van der Waals surface area contributed by atoms with E-state index in [2.05, 4.69) is 5.32 Å². The zero-order valence-corrected chi connectivity index (χ0v) is 11.1. The van der Waals surface area contributed by atoms with Crippen LogP contribution in [0.2, 0.25) is 5.02 Å². The molecule has 0 fully saturated rings. The fraction of sp³-hybridized carbons (Fsp3) is 0.0667. The fourth-order valence-electron chi connectivity index (χ4n) is 1.70. The number of nitrogens with zero attached hydrogens (tertiary/aromatic N) is 1. The lowest BCUT2D eigenvalue weighted by Crippen LogP contribution is -2.15. The zero-order chi connectivity index (χ0) is 14.5. The van der Waals surface area contributed by atoms with E-state index in [0.717, 1.165) is 6.07 Å². The van der Waals surface area contributed by atoms with Crippen molar-refractivity contribution in [1.29, 1.82) is 5.26 Å². The molecule has 0 unspecified atom stereocenters. The number of rotatable bonds is 3. The average Bonchev–Trinajstić information content (AvgIpc) is 2.43. The summed E-state index contributed by atoms with van der Waals surface area (Å²) in [5, 5.41) is 11.6. The van der Waals surface area contributed by atoms with Crippen molar-refractivity contribution in [2.75, 3.05) is 5.32 Å². The molecular formula is C15H10ClFN2O. The SMILES string of the molecule is N#Cc1ccc(NC(=O)Cc2ccccc2Cl)c(F)c1. The average molecular weight is 289 g/mol. The molecule has 0 aliphatic carbocycles. The monoisotopic (exact) mass is 288 g/mol. The second kappa shape index (κ2) is 6.18. The van der Waals surface area contributed by atoms with Crippen molar-refractivity contribution in [2.45, 2.75) is 6.42 Å². The Balaban J connectivity index is 2.09. The summed E-state index contributed by atoms with van der Waals surface area (Å²) in [7, 11) is 0. The summed E-state index contributed by atoms with van der Waals surface area (Å²) < 4.78 is 13.6. The summed E-state index contributed by atoms with van der Waals surface area (Å²) in [6.45, 7) is 0. The van der Waals surface area contributed by atoms with Crippen LogP contribution in [0.1, 0.15) is 11.1 Å². The van der Waals surface area contributed by atoms with Gasteiger partial charge in [-0.3, -0.25) is 4.79 Å². The second-order valence-corrected chi connectivity index (χ2v) is 4.53. The third kappa shape index (κ3) is 3.34. The Hall–Kier alpha value is -2.38. The molecule has 2 aromatic rings. The van der Waals surface area contributed by atoms with Gasteiger partial charge < -0.3 is 5.32 Å². The van der Waals surface area contributed by atoms with Crippen molar-refractivity contribution in [3.63, 3.8) is 0 Å². The molecule has 20 heavy (non-hydrogen) atoms. The molecule has 0 saturated carbocycles. The number of amides is 1. The van der Waals surface area contributed by atoms with Crippen LogP contribution in [-0.2, 0) is 11.2 Å². The molecule has 0 aliphatic heterocycles. The van der Waals surface area contributed by atoms with Gasteiger partial charge in [0.1, 0.15) is 5.82 Å². The number of nitrogens with one attached hydrogen (secondary N) is 1. The Morgan fingerprint density at radius 2 is 2.05 bits per heavy atom. The molecule has 5 heteroatoms. The highest BCUT2D eigenvalue weighted by atomic mass is 35.5. The van der Waals surface area contributed by atoms with Crippen LogP contribution in [0.4, 0.5) is 10.1 Å². The topological polar surface area (TPSA) is 52.9 Å². The third-order valence-electron chi connectivity index (χ3n) is 2.68. The Morgan fingerprint density at radius 3 is 2.70 bits per heavy atom. The molecule has 0 bridgehead atoms. The minimum Gasteiger partial charge on any atom is -0.323 e. The Bertz CT molecular complexity index is 695. The molecule has 1 amide bonds. The Kier molecular flexibility index (Phi) is 4.34. The number of carbonyl (C=O) groups excluding carboxylic acids is 1. The Labute approximate surface area is 120 Å². The molecule has 0 aromatic heterocycles. The standard InChI is InChI=1S/C15H10ClFN2O/c16-12-4-2-1-3-11(12)8-15(20)19-14-6-5-10(9-18)7-13(14)17/h1-7H,8H2,(H,19,20). The first-order valence-electron chi connectivity index (χ1n) is 5.83. The van der Waals surface area contributed by atoms with Gasteiger partial charge in [0.25, 0.3) is 0 Å². The zero-order valence-electron chi connectivity index (χ0n) is 10.4. The van der Waals surface area contributed by atoms with Gasteiger partial charge in [0, 0.05) is 5.02 Å². The van der Waals surface area contributed by atoms with E-state index in [-0.39, 0.29) is 23.6 Å². The van der Waals surface area contributed by atoms with Crippen molar-refractivity contribution >= 4 is 23.2 Å². The molecule has 0 spiro atoms. The molecule has 2 rings (SSSR count). The van der Waals surface area contributed by atoms with Gasteiger partial charge in [0.05, 0.1) is 23.7 Å². The van der Waals surface area contributed by atoms with E-state index in [1.807, 2.05) is 6.07 Å². The Morgan fingerprint density at radius 1 is 1.30 bits per heavy atom. The van der Waals surface area contributed by atoms with Crippen LogP contribution >= 0.6 is 11.6 Å². The summed E-state index contributed by atoms with van der Waals surface area (Å²) in [5.41, 5.74) is 0.911. The van der Waals surface area contributed by atoms with Gasteiger partial charge in [0.15, 0.2) is 0 Å². The lowest BCUT2D eigenvalue weighted by Gasteiger charge is -2.07. The lowest BCUT2D eigenvalue weighted by molar-refractivity contribution is -0.115. The minimum atomic E-state index is -0.642. The van der Waals surface area contributed by atoms with Crippen LogP contribution in [0.15, 0.2) is 42.5 Å². The molecule has 0 saturated heterocycles. The molecule has 0 aliphatic rings. The van der Waals surface area contributed by atoms with Crippen molar-refractivity contribution in [3.05, 3.63) is 64.4 Å². The highest BCUT2D eigenvalue weighted by molar-refractivity contribution is 6.31. The number of carbonyl (C=O) groups is 1. The number of hydrogen-bond acceptors (Lipinski definition) is 2. The van der Waals surface area contributed by atoms with E-state index in [1.165, 1.54) is 12.1 Å². The van der Waals surface area contributed by atoms with Crippen LogP contribution in [0, 0.1) is 17.1 Å². The lowest BCUT2D eigenvalue weighted by atomic mass is 10.1. The first kappa shape index (κ1) is 14.0. The second-order valence-electron chi connectivity index (χ2n) is 4.12. The number of benzene rings is 2. The van der Waals surface area contributed by atoms with Crippen LogP contribution in [-0.4, -0.2) is 5.91 Å². The van der Waals surface area contributed by atoms with E-state index in [4.69, 9.17) is 16.9 Å². The van der Waals surface area contributed by atoms with Crippen LogP contribution in [0.3, 0.4) is 0 Å². The van der Waals surface area contributed by atoms with Crippen molar-refractivity contribution < 1.29 is 9.18 Å². The highest BCUT2D eigenvalue weighted by Crippen LogP contribution is 2.18. The number of anilines is 1. The van der Waals surface area contributed by atoms with Gasteiger partial charge in [0.2, 0.25) is 5.91 Å². The third-order valence-corrected chi connectivity index (χ3v) is 3.05. The quantitative estimate of drug-likeness (QED) is 0.939. The number of hydrogen-bond donors (Lipinski definition) is 1. The molecule has 0 atom stereocenters. The molecule has 0 heterocycles. The van der Waals surface area contributed by atoms with Gasteiger partial charge in [-0.2, -0.15) is 5.26 Å². The fourth-order valence-corrected chi connectivity index (χ4v) is 1.90.